The summed E-state index contributed by atoms with van der Waals surface area (Å²) in [6.07, 6.45) is 0. The third-order valence-corrected chi connectivity index (χ3v) is 4.49. The van der Waals surface area contributed by atoms with Gasteiger partial charge in [0, 0.05) is 11.6 Å². The molecule has 6 nitrogen and oxygen atoms in total. The predicted molar refractivity (Wildman–Crippen MR) is 69.5 cm³/mol. The van der Waals surface area contributed by atoms with E-state index in [1.165, 1.54) is 18.2 Å². The first-order valence-electron chi connectivity index (χ1n) is 5.12. The summed E-state index contributed by atoms with van der Waals surface area (Å²) in [7, 11) is -3.88. The number of hydrogen-bond donors (Lipinski definition) is 2. The summed E-state index contributed by atoms with van der Waals surface area (Å²) < 4.78 is 25.4. The summed E-state index contributed by atoms with van der Waals surface area (Å²) >= 11 is 5.75. The molecule has 0 saturated heterocycles. The van der Waals surface area contributed by atoms with Gasteiger partial charge in [-0.3, -0.25) is 4.79 Å². The molecule has 8 heteroatoms. The van der Waals surface area contributed by atoms with E-state index < -0.39 is 22.5 Å². The number of rotatable bonds is 5. The average Bonchev–Trinajstić information content (AvgIpc) is 2.28. The molecule has 0 aromatic heterocycles. The Bertz CT molecular complexity index is 559. The molecule has 0 aliphatic carbocycles. The minimum atomic E-state index is -3.88. The Kier molecular flexibility index (Phi) is 4.55. The van der Waals surface area contributed by atoms with Gasteiger partial charge in [0.25, 0.3) is 0 Å². The largest absolute Gasteiger partial charge is 0.398 e. The number of likely N-dealkylation sites (N-methyl/N-ethyl adjacent to an activating group) is 1. The summed E-state index contributed by atoms with van der Waals surface area (Å²) in [5.74, 6) is -0.735. The van der Waals surface area contributed by atoms with Crippen molar-refractivity contribution in [3.8, 4) is 0 Å². The van der Waals surface area contributed by atoms with Gasteiger partial charge in [-0.2, -0.15) is 4.31 Å². The lowest BCUT2D eigenvalue weighted by molar-refractivity contribution is -0.118. The van der Waals surface area contributed by atoms with E-state index in [9.17, 15) is 13.2 Å². The summed E-state index contributed by atoms with van der Waals surface area (Å²) in [5.41, 5.74) is 10.7. The van der Waals surface area contributed by atoms with Gasteiger partial charge in [-0.05, 0) is 18.2 Å². The van der Waals surface area contributed by atoms with E-state index >= 15 is 0 Å². The monoisotopic (exact) mass is 291 g/mol. The van der Waals surface area contributed by atoms with Crippen LogP contribution in [0.1, 0.15) is 6.92 Å². The van der Waals surface area contributed by atoms with Crippen LogP contribution < -0.4 is 11.5 Å². The molecule has 0 bridgehead atoms. The molecule has 0 radical (unpaired) electrons. The second-order valence-corrected chi connectivity index (χ2v) is 5.92. The molecule has 0 unspecified atom stereocenters. The Morgan fingerprint density at radius 3 is 2.56 bits per heavy atom. The number of halogens is 1. The standard InChI is InChI=1S/C10H14ClN3O3S/c1-2-14(6-10(13)15)18(16,17)9-5-7(11)3-4-8(9)12/h3-5H,2,6,12H2,1H3,(H2,13,15). The van der Waals surface area contributed by atoms with Gasteiger partial charge in [0.1, 0.15) is 4.90 Å². The molecular formula is C10H14ClN3O3S. The molecule has 0 aliphatic rings. The Morgan fingerprint density at radius 2 is 2.06 bits per heavy atom. The van der Waals surface area contributed by atoms with Crippen molar-refractivity contribution < 1.29 is 13.2 Å². The quantitative estimate of drug-likeness (QED) is 0.767. The number of amides is 1. The highest BCUT2D eigenvalue weighted by Crippen LogP contribution is 2.25. The van der Waals surface area contributed by atoms with Crippen molar-refractivity contribution in [3.05, 3.63) is 23.2 Å². The zero-order valence-electron chi connectivity index (χ0n) is 9.76. The van der Waals surface area contributed by atoms with Crippen LogP contribution in [0.3, 0.4) is 0 Å². The fraction of sp³-hybridized carbons (Fsp3) is 0.300. The smallest absolute Gasteiger partial charge is 0.245 e. The number of anilines is 1. The van der Waals surface area contributed by atoms with Crippen LogP contribution in [-0.4, -0.2) is 31.7 Å². The van der Waals surface area contributed by atoms with Crippen molar-refractivity contribution in [2.75, 3.05) is 18.8 Å². The Hall–Kier alpha value is -1.31. The molecule has 0 fully saturated rings. The van der Waals surface area contributed by atoms with Gasteiger partial charge >= 0.3 is 0 Å². The van der Waals surface area contributed by atoms with E-state index in [0.717, 1.165) is 4.31 Å². The minimum absolute atomic E-state index is 0.0716. The highest BCUT2D eigenvalue weighted by molar-refractivity contribution is 7.89. The molecule has 1 rings (SSSR count). The highest BCUT2D eigenvalue weighted by Gasteiger charge is 2.26. The summed E-state index contributed by atoms with van der Waals surface area (Å²) in [6, 6.07) is 4.13. The molecule has 0 heterocycles. The molecular weight excluding hydrogens is 278 g/mol. The van der Waals surface area contributed by atoms with E-state index in [2.05, 4.69) is 0 Å². The number of nitrogens with zero attached hydrogens (tertiary/aromatic N) is 1. The Morgan fingerprint density at radius 1 is 1.44 bits per heavy atom. The first-order chi connectivity index (χ1) is 8.28. The van der Waals surface area contributed by atoms with Crippen molar-refractivity contribution in [2.45, 2.75) is 11.8 Å². The number of nitrogens with two attached hydrogens (primary N) is 2. The first kappa shape index (κ1) is 14.7. The van der Waals surface area contributed by atoms with Crippen molar-refractivity contribution in [2.24, 2.45) is 5.73 Å². The van der Waals surface area contributed by atoms with Crippen LogP contribution in [-0.2, 0) is 14.8 Å². The lowest BCUT2D eigenvalue weighted by atomic mass is 10.3. The van der Waals surface area contributed by atoms with Gasteiger partial charge in [0.2, 0.25) is 15.9 Å². The Balaban J connectivity index is 3.26. The molecule has 18 heavy (non-hydrogen) atoms. The van der Waals surface area contributed by atoms with E-state index in [-0.39, 0.29) is 22.2 Å². The normalized spacial score (nSPS) is 11.7. The number of benzene rings is 1. The second-order valence-electron chi connectivity index (χ2n) is 3.58. The molecule has 0 spiro atoms. The van der Waals surface area contributed by atoms with Gasteiger partial charge < -0.3 is 11.5 Å². The van der Waals surface area contributed by atoms with E-state index in [0.29, 0.717) is 0 Å². The van der Waals surface area contributed by atoms with Crippen LogP contribution in [0.25, 0.3) is 0 Å². The topological polar surface area (TPSA) is 106 Å². The zero-order valence-corrected chi connectivity index (χ0v) is 11.3. The van der Waals surface area contributed by atoms with Crippen molar-refractivity contribution in [3.63, 3.8) is 0 Å². The number of primary amides is 1. The van der Waals surface area contributed by atoms with Crippen molar-refractivity contribution in [1.29, 1.82) is 0 Å². The van der Waals surface area contributed by atoms with E-state index in [1.54, 1.807) is 6.92 Å². The molecule has 1 aromatic rings. The Labute approximate surface area is 111 Å². The summed E-state index contributed by atoms with van der Waals surface area (Å²) in [6.45, 7) is 1.31. The summed E-state index contributed by atoms with van der Waals surface area (Å²) in [5, 5.41) is 0.248. The van der Waals surface area contributed by atoms with Crippen molar-refractivity contribution in [1.82, 2.24) is 4.31 Å². The van der Waals surface area contributed by atoms with Crippen molar-refractivity contribution >= 4 is 33.2 Å². The summed E-state index contributed by atoms with van der Waals surface area (Å²) in [4.78, 5) is 10.7. The third kappa shape index (κ3) is 3.12. The number of nitrogen functional groups attached to an aromatic ring is 1. The van der Waals surface area contributed by atoms with Crippen LogP contribution in [0.4, 0.5) is 5.69 Å². The van der Waals surface area contributed by atoms with E-state index in [1.807, 2.05) is 0 Å². The average molecular weight is 292 g/mol. The second kappa shape index (κ2) is 5.55. The number of carbonyl (C=O) groups excluding carboxylic acids is 1. The van der Waals surface area contributed by atoms with Gasteiger partial charge in [0.05, 0.1) is 12.2 Å². The fourth-order valence-corrected chi connectivity index (χ4v) is 3.21. The minimum Gasteiger partial charge on any atom is -0.398 e. The van der Waals surface area contributed by atoms with Crippen LogP contribution in [0.15, 0.2) is 23.1 Å². The maximum Gasteiger partial charge on any atom is 0.245 e. The third-order valence-electron chi connectivity index (χ3n) is 2.28. The van der Waals surface area contributed by atoms with Crippen LogP contribution in [0, 0.1) is 0 Å². The molecule has 1 aromatic carbocycles. The van der Waals surface area contributed by atoms with Gasteiger partial charge in [-0.15, -0.1) is 0 Å². The molecule has 1 amide bonds. The van der Waals surface area contributed by atoms with Gasteiger partial charge in [-0.1, -0.05) is 18.5 Å². The van der Waals surface area contributed by atoms with Crippen LogP contribution >= 0.6 is 11.6 Å². The van der Waals surface area contributed by atoms with Crippen LogP contribution in [0.5, 0.6) is 0 Å². The van der Waals surface area contributed by atoms with E-state index in [4.69, 9.17) is 23.1 Å². The number of sulfonamides is 1. The number of carbonyl (C=O) groups is 1. The zero-order chi connectivity index (χ0) is 13.9. The maximum absolute atomic E-state index is 12.3. The lowest BCUT2D eigenvalue weighted by Crippen LogP contribution is -2.38. The first-order valence-corrected chi connectivity index (χ1v) is 6.94. The predicted octanol–water partition coefficient (Wildman–Crippen LogP) is 0.418. The molecule has 0 aliphatic heterocycles. The SMILES string of the molecule is CCN(CC(N)=O)S(=O)(=O)c1cc(Cl)ccc1N. The molecule has 100 valence electrons. The highest BCUT2D eigenvalue weighted by atomic mass is 35.5. The van der Waals surface area contributed by atoms with Gasteiger partial charge in [0.15, 0.2) is 0 Å². The fourth-order valence-electron chi connectivity index (χ4n) is 1.41. The molecule has 0 saturated carbocycles. The van der Waals surface area contributed by atoms with Gasteiger partial charge in [-0.25, -0.2) is 8.42 Å². The number of hydrogen-bond acceptors (Lipinski definition) is 4. The maximum atomic E-state index is 12.3. The lowest BCUT2D eigenvalue weighted by Gasteiger charge is -2.19. The molecule has 4 N–H and O–H groups in total. The molecule has 0 atom stereocenters. The van der Waals surface area contributed by atoms with Crippen LogP contribution in [0.2, 0.25) is 5.02 Å².